The monoisotopic (exact) mass is 323 g/mol. The molecule has 0 saturated carbocycles. The highest BCUT2D eigenvalue weighted by molar-refractivity contribution is 9.10. The third-order valence-corrected chi connectivity index (χ3v) is 3.64. The molecule has 7 heteroatoms. The van der Waals surface area contributed by atoms with Crippen molar-refractivity contribution in [2.24, 2.45) is 0 Å². The summed E-state index contributed by atoms with van der Waals surface area (Å²) in [6, 6.07) is 5.86. The van der Waals surface area contributed by atoms with Gasteiger partial charge in [-0.2, -0.15) is 5.26 Å². The van der Waals surface area contributed by atoms with Gasteiger partial charge in [-0.05, 0) is 22.0 Å². The number of nitriles is 1. The highest BCUT2D eigenvalue weighted by Crippen LogP contribution is 2.27. The summed E-state index contributed by atoms with van der Waals surface area (Å²) in [4.78, 5) is 8.22. The molecule has 92 valence electrons. The first kappa shape index (κ1) is 12.8. The summed E-state index contributed by atoms with van der Waals surface area (Å²) in [6.45, 7) is 0.581. The lowest BCUT2D eigenvalue weighted by Crippen LogP contribution is -2.03. The molecule has 0 aliphatic carbocycles. The Hall–Kier alpha value is -1.65. The molecule has 0 fully saturated rings. The fourth-order valence-electron chi connectivity index (χ4n) is 1.27. The van der Waals surface area contributed by atoms with Crippen LogP contribution in [0.2, 0.25) is 0 Å². The van der Waals surface area contributed by atoms with Gasteiger partial charge in [0, 0.05) is 22.5 Å². The molecule has 0 radical (unpaired) electrons. The molecule has 2 N–H and O–H groups in total. The van der Waals surface area contributed by atoms with E-state index in [9.17, 15) is 0 Å². The van der Waals surface area contributed by atoms with Crippen LogP contribution in [0.5, 0.6) is 0 Å². The van der Waals surface area contributed by atoms with Crippen molar-refractivity contribution in [1.29, 1.82) is 5.26 Å². The average Bonchev–Trinajstić information content (AvgIpc) is 2.76. The van der Waals surface area contributed by atoms with Gasteiger partial charge in [-0.15, -0.1) is 11.3 Å². The standard InChI is InChI=1S/C11H10BrN5S/c12-8-4-11(18-6-8)17-10-5-9(15-7-16-10)14-3-1-2-13/h4-7H,1,3H2,(H2,14,15,16,17). The smallest absolute Gasteiger partial charge is 0.136 e. The average molecular weight is 324 g/mol. The molecule has 2 aromatic rings. The molecule has 0 aromatic carbocycles. The topological polar surface area (TPSA) is 73.6 Å². The van der Waals surface area contributed by atoms with Crippen molar-refractivity contribution in [2.45, 2.75) is 6.42 Å². The summed E-state index contributed by atoms with van der Waals surface area (Å²) in [5.74, 6) is 1.43. The highest BCUT2D eigenvalue weighted by Gasteiger charge is 2.01. The zero-order valence-electron chi connectivity index (χ0n) is 9.35. The van der Waals surface area contributed by atoms with Crippen molar-refractivity contribution in [3.63, 3.8) is 0 Å². The van der Waals surface area contributed by atoms with E-state index in [-0.39, 0.29) is 0 Å². The van der Waals surface area contributed by atoms with Crippen LogP contribution in [0.25, 0.3) is 0 Å². The maximum atomic E-state index is 8.46. The van der Waals surface area contributed by atoms with Crippen LogP contribution >= 0.6 is 27.3 Å². The van der Waals surface area contributed by atoms with E-state index >= 15 is 0 Å². The van der Waals surface area contributed by atoms with Gasteiger partial charge in [-0.1, -0.05) is 0 Å². The molecule has 0 amide bonds. The van der Waals surface area contributed by atoms with Crippen LogP contribution in [0, 0.1) is 11.3 Å². The number of nitrogens with zero attached hydrogens (tertiary/aromatic N) is 3. The molecule has 0 bridgehead atoms. The number of thiophene rings is 1. The van der Waals surface area contributed by atoms with Crippen molar-refractivity contribution in [3.8, 4) is 6.07 Å². The summed E-state index contributed by atoms with van der Waals surface area (Å²) in [6.07, 6.45) is 1.93. The molecule has 0 aliphatic rings. The molecule has 5 nitrogen and oxygen atoms in total. The number of halogens is 1. The van der Waals surface area contributed by atoms with Gasteiger partial charge < -0.3 is 10.6 Å². The van der Waals surface area contributed by atoms with E-state index in [1.807, 2.05) is 17.5 Å². The zero-order valence-corrected chi connectivity index (χ0v) is 11.8. The molecule has 18 heavy (non-hydrogen) atoms. The van der Waals surface area contributed by atoms with Crippen LogP contribution in [-0.4, -0.2) is 16.5 Å². The fourth-order valence-corrected chi connectivity index (χ4v) is 2.60. The SMILES string of the molecule is N#CCCNc1cc(Nc2cc(Br)cs2)ncn1. The molecule has 2 aromatic heterocycles. The van der Waals surface area contributed by atoms with Crippen molar-refractivity contribution in [3.05, 3.63) is 28.3 Å². The first-order valence-corrected chi connectivity index (χ1v) is 6.89. The Morgan fingerprint density at radius 2 is 2.17 bits per heavy atom. The largest absolute Gasteiger partial charge is 0.369 e. The maximum absolute atomic E-state index is 8.46. The normalized spacial score (nSPS) is 9.78. The van der Waals surface area contributed by atoms with Gasteiger partial charge in [0.1, 0.15) is 18.0 Å². The van der Waals surface area contributed by atoms with Crippen LogP contribution in [0.1, 0.15) is 6.42 Å². The summed E-state index contributed by atoms with van der Waals surface area (Å²) < 4.78 is 1.04. The minimum Gasteiger partial charge on any atom is -0.369 e. The summed E-state index contributed by atoms with van der Waals surface area (Å²) >= 11 is 4.99. The van der Waals surface area contributed by atoms with E-state index in [2.05, 4.69) is 42.6 Å². The molecule has 0 saturated heterocycles. The van der Waals surface area contributed by atoms with Crippen molar-refractivity contribution >= 4 is 43.9 Å². The van der Waals surface area contributed by atoms with Crippen LogP contribution in [-0.2, 0) is 0 Å². The van der Waals surface area contributed by atoms with Gasteiger partial charge in [0.15, 0.2) is 0 Å². The summed E-state index contributed by atoms with van der Waals surface area (Å²) in [5, 5.41) is 17.7. The Kier molecular flexibility index (Phi) is 4.50. The second-order valence-corrected chi connectivity index (χ2v) is 5.20. The van der Waals surface area contributed by atoms with E-state index < -0.39 is 0 Å². The zero-order chi connectivity index (χ0) is 12.8. The lowest BCUT2D eigenvalue weighted by atomic mass is 10.4. The van der Waals surface area contributed by atoms with Crippen LogP contribution in [0.3, 0.4) is 0 Å². The van der Waals surface area contributed by atoms with E-state index in [0.717, 1.165) is 15.3 Å². The van der Waals surface area contributed by atoms with Gasteiger partial charge in [0.2, 0.25) is 0 Å². The highest BCUT2D eigenvalue weighted by atomic mass is 79.9. The predicted molar refractivity (Wildman–Crippen MR) is 76.1 cm³/mol. The molecule has 0 aliphatic heterocycles. The van der Waals surface area contributed by atoms with Gasteiger partial charge in [0.25, 0.3) is 0 Å². The Labute approximate surface area is 117 Å². The van der Waals surface area contributed by atoms with E-state index in [0.29, 0.717) is 18.8 Å². The molecule has 0 atom stereocenters. The number of rotatable bonds is 5. The molecule has 2 rings (SSSR count). The Bertz CT molecular complexity index is 563. The van der Waals surface area contributed by atoms with Crippen LogP contribution in [0.4, 0.5) is 16.6 Å². The third-order valence-electron chi connectivity index (χ3n) is 2.03. The lowest BCUT2D eigenvalue weighted by Gasteiger charge is -2.05. The van der Waals surface area contributed by atoms with Crippen molar-refractivity contribution in [2.75, 3.05) is 17.2 Å². The Morgan fingerprint density at radius 3 is 2.89 bits per heavy atom. The Balaban J connectivity index is 2.01. The summed E-state index contributed by atoms with van der Waals surface area (Å²) in [7, 11) is 0. The van der Waals surface area contributed by atoms with E-state index in [1.54, 1.807) is 11.3 Å². The van der Waals surface area contributed by atoms with Gasteiger partial charge in [-0.25, -0.2) is 9.97 Å². The Morgan fingerprint density at radius 1 is 1.33 bits per heavy atom. The van der Waals surface area contributed by atoms with Crippen LogP contribution < -0.4 is 10.6 Å². The third kappa shape index (κ3) is 3.68. The molecule has 0 unspecified atom stereocenters. The summed E-state index contributed by atoms with van der Waals surface area (Å²) in [5.41, 5.74) is 0. The second kappa shape index (κ2) is 6.33. The quantitative estimate of drug-likeness (QED) is 0.825. The molecule has 0 spiro atoms. The van der Waals surface area contributed by atoms with Gasteiger partial charge in [-0.3, -0.25) is 0 Å². The lowest BCUT2D eigenvalue weighted by molar-refractivity contribution is 1.04. The minimum atomic E-state index is 0.449. The van der Waals surface area contributed by atoms with Gasteiger partial charge in [0.05, 0.1) is 17.5 Å². The number of hydrogen-bond acceptors (Lipinski definition) is 6. The first-order valence-electron chi connectivity index (χ1n) is 5.22. The van der Waals surface area contributed by atoms with Gasteiger partial charge >= 0.3 is 0 Å². The first-order chi connectivity index (χ1) is 8.78. The minimum absolute atomic E-state index is 0.449. The molecule has 2 heterocycles. The fraction of sp³-hybridized carbons (Fsp3) is 0.182. The van der Waals surface area contributed by atoms with Crippen molar-refractivity contribution in [1.82, 2.24) is 9.97 Å². The second-order valence-electron chi connectivity index (χ2n) is 3.38. The molecular weight excluding hydrogens is 314 g/mol. The van der Waals surface area contributed by atoms with E-state index in [1.165, 1.54) is 6.33 Å². The van der Waals surface area contributed by atoms with E-state index in [4.69, 9.17) is 5.26 Å². The number of aromatic nitrogens is 2. The molecular formula is C11H10BrN5S. The van der Waals surface area contributed by atoms with Crippen LogP contribution in [0.15, 0.2) is 28.3 Å². The van der Waals surface area contributed by atoms with Crippen molar-refractivity contribution < 1.29 is 0 Å². The number of hydrogen-bond donors (Lipinski definition) is 2. The number of nitrogens with one attached hydrogen (secondary N) is 2. The maximum Gasteiger partial charge on any atom is 0.136 e. The predicted octanol–water partition coefficient (Wildman–Crippen LogP) is 3.37. The number of anilines is 3.